The highest BCUT2D eigenvalue weighted by Crippen LogP contribution is 2.34. The summed E-state index contributed by atoms with van der Waals surface area (Å²) in [6.45, 7) is 0.936. The van der Waals surface area contributed by atoms with E-state index >= 15 is 0 Å². The Kier molecular flexibility index (Phi) is 4.57. The number of ether oxygens (including phenoxy) is 1. The molecule has 2 rings (SSSR count). The van der Waals surface area contributed by atoms with Crippen LogP contribution in [0.25, 0.3) is 0 Å². The van der Waals surface area contributed by atoms with Gasteiger partial charge in [-0.3, -0.25) is 0 Å². The van der Waals surface area contributed by atoms with E-state index < -0.39 is 12.0 Å². The van der Waals surface area contributed by atoms with E-state index in [1.165, 1.54) is 4.90 Å². The SMILES string of the molecule is COC1(CNC(=O)N2CCSCC2C(=O)O)CCC1. The first kappa shape index (κ1) is 14.5. The first-order valence-electron chi connectivity index (χ1n) is 6.48. The van der Waals surface area contributed by atoms with Gasteiger partial charge in [0.15, 0.2) is 0 Å². The fourth-order valence-electron chi connectivity index (χ4n) is 2.41. The van der Waals surface area contributed by atoms with Gasteiger partial charge < -0.3 is 20.1 Å². The lowest BCUT2D eigenvalue weighted by Crippen LogP contribution is -2.57. The Morgan fingerprint density at radius 1 is 1.53 bits per heavy atom. The van der Waals surface area contributed by atoms with Crippen molar-refractivity contribution in [1.82, 2.24) is 10.2 Å². The van der Waals surface area contributed by atoms with E-state index in [1.54, 1.807) is 18.9 Å². The molecule has 19 heavy (non-hydrogen) atoms. The number of hydrogen-bond acceptors (Lipinski definition) is 4. The van der Waals surface area contributed by atoms with Gasteiger partial charge >= 0.3 is 12.0 Å². The third-order valence-corrected chi connectivity index (χ3v) is 4.96. The summed E-state index contributed by atoms with van der Waals surface area (Å²) in [6.07, 6.45) is 3.01. The average molecular weight is 288 g/mol. The number of aliphatic carboxylic acids is 1. The van der Waals surface area contributed by atoms with Crippen LogP contribution >= 0.6 is 11.8 Å². The molecule has 1 unspecified atom stereocenters. The molecule has 1 heterocycles. The molecule has 1 atom stereocenters. The van der Waals surface area contributed by atoms with Crippen LogP contribution < -0.4 is 5.32 Å². The lowest BCUT2D eigenvalue weighted by Gasteiger charge is -2.41. The molecule has 1 aliphatic carbocycles. The van der Waals surface area contributed by atoms with E-state index in [2.05, 4.69) is 5.32 Å². The summed E-state index contributed by atoms with van der Waals surface area (Å²) < 4.78 is 5.43. The van der Waals surface area contributed by atoms with Crippen molar-refractivity contribution in [3.05, 3.63) is 0 Å². The van der Waals surface area contributed by atoms with E-state index in [9.17, 15) is 9.59 Å². The molecule has 0 aromatic heterocycles. The minimum Gasteiger partial charge on any atom is -0.480 e. The highest BCUT2D eigenvalue weighted by atomic mass is 32.2. The van der Waals surface area contributed by atoms with Crippen LogP contribution in [0.1, 0.15) is 19.3 Å². The van der Waals surface area contributed by atoms with Crippen molar-refractivity contribution in [2.24, 2.45) is 0 Å². The quantitative estimate of drug-likeness (QED) is 0.799. The van der Waals surface area contributed by atoms with Crippen molar-refractivity contribution in [3.8, 4) is 0 Å². The Hall–Kier alpha value is -0.950. The van der Waals surface area contributed by atoms with E-state index in [0.717, 1.165) is 25.0 Å². The van der Waals surface area contributed by atoms with Gasteiger partial charge in [-0.2, -0.15) is 11.8 Å². The molecule has 2 fully saturated rings. The second-order valence-corrected chi connectivity index (χ2v) is 6.17. The van der Waals surface area contributed by atoms with E-state index in [1.807, 2.05) is 0 Å². The van der Waals surface area contributed by atoms with E-state index in [0.29, 0.717) is 18.8 Å². The number of nitrogens with one attached hydrogen (secondary N) is 1. The molecule has 1 saturated carbocycles. The molecule has 0 aromatic carbocycles. The number of urea groups is 1. The third kappa shape index (κ3) is 3.14. The smallest absolute Gasteiger partial charge is 0.327 e. The largest absolute Gasteiger partial charge is 0.480 e. The van der Waals surface area contributed by atoms with Gasteiger partial charge in [0.1, 0.15) is 6.04 Å². The predicted molar refractivity (Wildman–Crippen MR) is 72.4 cm³/mol. The molecule has 1 aliphatic heterocycles. The zero-order valence-electron chi connectivity index (χ0n) is 11.1. The first-order chi connectivity index (χ1) is 9.08. The van der Waals surface area contributed by atoms with Crippen molar-refractivity contribution in [1.29, 1.82) is 0 Å². The van der Waals surface area contributed by atoms with Gasteiger partial charge in [0.2, 0.25) is 0 Å². The minimum absolute atomic E-state index is 0.237. The van der Waals surface area contributed by atoms with E-state index in [-0.39, 0.29) is 11.6 Å². The molecule has 6 nitrogen and oxygen atoms in total. The van der Waals surface area contributed by atoms with Crippen LogP contribution in [-0.4, -0.2) is 65.4 Å². The van der Waals surface area contributed by atoms with Crippen LogP contribution in [0.4, 0.5) is 4.79 Å². The molecule has 0 radical (unpaired) electrons. The average Bonchev–Trinajstić information content (AvgIpc) is 2.37. The van der Waals surface area contributed by atoms with Crippen LogP contribution in [0.2, 0.25) is 0 Å². The van der Waals surface area contributed by atoms with Gasteiger partial charge in [-0.1, -0.05) is 0 Å². The summed E-state index contributed by atoms with van der Waals surface area (Å²) in [5.74, 6) is 0.303. The Morgan fingerprint density at radius 3 is 2.79 bits per heavy atom. The number of carbonyl (C=O) groups excluding carboxylic acids is 1. The van der Waals surface area contributed by atoms with Crippen LogP contribution in [0.5, 0.6) is 0 Å². The number of nitrogens with zero attached hydrogens (tertiary/aromatic N) is 1. The Labute approximate surface area is 116 Å². The van der Waals surface area contributed by atoms with Crippen molar-refractivity contribution in [2.45, 2.75) is 30.9 Å². The lowest BCUT2D eigenvalue weighted by molar-refractivity contribution is -0.141. The maximum absolute atomic E-state index is 12.1. The number of amides is 2. The lowest BCUT2D eigenvalue weighted by atomic mass is 9.80. The predicted octanol–water partition coefficient (Wildman–Crippen LogP) is 0.767. The Morgan fingerprint density at radius 2 is 2.26 bits per heavy atom. The van der Waals surface area contributed by atoms with Crippen LogP contribution in [0.3, 0.4) is 0 Å². The van der Waals surface area contributed by atoms with Crippen molar-refractivity contribution >= 4 is 23.8 Å². The van der Waals surface area contributed by atoms with Crippen LogP contribution in [0, 0.1) is 0 Å². The van der Waals surface area contributed by atoms with Gasteiger partial charge in [0, 0.05) is 31.7 Å². The first-order valence-corrected chi connectivity index (χ1v) is 7.64. The summed E-state index contributed by atoms with van der Waals surface area (Å²) in [6, 6.07) is -1.02. The second kappa shape index (κ2) is 6.00. The molecule has 1 saturated heterocycles. The van der Waals surface area contributed by atoms with Gasteiger partial charge in [0.25, 0.3) is 0 Å². The molecule has 2 N–H and O–H groups in total. The molecule has 7 heteroatoms. The fraction of sp³-hybridized carbons (Fsp3) is 0.833. The summed E-state index contributed by atoms with van der Waals surface area (Å²) in [7, 11) is 1.66. The fourth-order valence-corrected chi connectivity index (χ4v) is 3.45. The number of carboxylic acids is 1. The highest BCUT2D eigenvalue weighted by molar-refractivity contribution is 7.99. The second-order valence-electron chi connectivity index (χ2n) is 5.02. The molecule has 0 bridgehead atoms. The molecule has 0 aromatic rings. The van der Waals surface area contributed by atoms with Gasteiger partial charge in [-0.25, -0.2) is 9.59 Å². The molecular formula is C12H20N2O4S. The van der Waals surface area contributed by atoms with Gasteiger partial charge in [0.05, 0.1) is 5.60 Å². The normalized spacial score (nSPS) is 25.5. The Bertz CT molecular complexity index is 354. The summed E-state index contributed by atoms with van der Waals surface area (Å²) in [5, 5.41) is 11.9. The van der Waals surface area contributed by atoms with Crippen LogP contribution in [0.15, 0.2) is 0 Å². The number of methoxy groups -OCH3 is 1. The van der Waals surface area contributed by atoms with Crippen molar-refractivity contribution in [2.75, 3.05) is 31.7 Å². The standard InChI is InChI=1S/C12H20N2O4S/c1-18-12(3-2-4-12)8-13-11(17)14-5-6-19-7-9(14)10(15)16/h9H,2-8H2,1H3,(H,13,17)(H,15,16). The van der Waals surface area contributed by atoms with E-state index in [4.69, 9.17) is 9.84 Å². The maximum Gasteiger partial charge on any atom is 0.327 e. The minimum atomic E-state index is -0.938. The summed E-state index contributed by atoms with van der Waals surface area (Å²) >= 11 is 1.57. The number of rotatable bonds is 4. The van der Waals surface area contributed by atoms with Gasteiger partial charge in [-0.05, 0) is 19.3 Å². The van der Waals surface area contributed by atoms with Crippen molar-refractivity contribution in [3.63, 3.8) is 0 Å². The summed E-state index contributed by atoms with van der Waals surface area (Å²) in [4.78, 5) is 24.7. The number of carbonyl (C=O) groups is 2. The van der Waals surface area contributed by atoms with Crippen LogP contribution in [-0.2, 0) is 9.53 Å². The number of thioether (sulfide) groups is 1. The van der Waals surface area contributed by atoms with Crippen molar-refractivity contribution < 1.29 is 19.4 Å². The molecular weight excluding hydrogens is 268 g/mol. The zero-order valence-corrected chi connectivity index (χ0v) is 11.9. The molecule has 108 valence electrons. The molecule has 2 aliphatic rings. The van der Waals surface area contributed by atoms with Gasteiger partial charge in [-0.15, -0.1) is 0 Å². The number of hydrogen-bond donors (Lipinski definition) is 2. The zero-order chi connectivity index (χ0) is 13.9. The molecule has 2 amide bonds. The molecule has 0 spiro atoms. The summed E-state index contributed by atoms with van der Waals surface area (Å²) in [5.41, 5.74) is -0.237. The monoisotopic (exact) mass is 288 g/mol. The maximum atomic E-state index is 12.1. The highest BCUT2D eigenvalue weighted by Gasteiger charge is 2.39. The topological polar surface area (TPSA) is 78.9 Å². The third-order valence-electron chi connectivity index (χ3n) is 3.93. The number of carboxylic acid groups (broad SMARTS) is 1. The Balaban J connectivity index is 1.89.